The number of halogens is 2. The van der Waals surface area contributed by atoms with Crippen LogP contribution in [0.15, 0.2) is 35.2 Å². The maximum absolute atomic E-state index is 13.1. The minimum Gasteiger partial charge on any atom is -0.496 e. The minimum atomic E-state index is -3.58. The molecule has 1 fully saturated rings. The average Bonchev–Trinajstić information content (AvgIpc) is 2.64. The summed E-state index contributed by atoms with van der Waals surface area (Å²) in [5.74, 6) is 0.577. The van der Waals surface area contributed by atoms with Crippen LogP contribution in [0.3, 0.4) is 0 Å². The summed E-state index contributed by atoms with van der Waals surface area (Å²) >= 11 is 12.1. The Kier molecular flexibility index (Phi) is 5.91. The van der Waals surface area contributed by atoms with Crippen LogP contribution in [0.2, 0.25) is 10.0 Å². The molecule has 3 rings (SSSR count). The van der Waals surface area contributed by atoms with Crippen LogP contribution in [0.5, 0.6) is 5.75 Å². The van der Waals surface area contributed by atoms with Crippen LogP contribution in [-0.2, 0) is 10.0 Å². The van der Waals surface area contributed by atoms with Crippen molar-refractivity contribution in [3.63, 3.8) is 0 Å². The summed E-state index contributed by atoms with van der Waals surface area (Å²) in [6, 6.07) is 8.92. The molecule has 2 aromatic carbocycles. The van der Waals surface area contributed by atoms with Crippen LogP contribution in [0.4, 0.5) is 5.69 Å². The fraction of sp³-hybridized carbons (Fsp3) is 0.368. The Balaban J connectivity index is 1.80. The van der Waals surface area contributed by atoms with Gasteiger partial charge in [0.15, 0.2) is 0 Å². The standard InChI is InChI=1S/C19H22Cl2N2O3S/c1-13-10-14(2)19(12-18(13)26-3)27(24,25)23-8-6-22(7-9-23)15-4-5-16(20)17(21)11-15/h4-5,10-12H,6-9H2,1-3H3. The molecule has 146 valence electrons. The fourth-order valence-corrected chi connectivity index (χ4v) is 5.26. The molecule has 0 atom stereocenters. The maximum Gasteiger partial charge on any atom is 0.243 e. The Morgan fingerprint density at radius 2 is 1.59 bits per heavy atom. The van der Waals surface area contributed by atoms with Crippen LogP contribution in [0, 0.1) is 13.8 Å². The van der Waals surface area contributed by atoms with E-state index in [0.29, 0.717) is 46.9 Å². The van der Waals surface area contributed by atoms with Gasteiger partial charge in [0.2, 0.25) is 10.0 Å². The quantitative estimate of drug-likeness (QED) is 0.734. The summed E-state index contributed by atoms with van der Waals surface area (Å²) in [6.45, 7) is 5.68. The van der Waals surface area contributed by atoms with Crippen molar-refractivity contribution in [2.24, 2.45) is 0 Å². The number of sulfonamides is 1. The highest BCUT2D eigenvalue weighted by Gasteiger charge is 2.30. The molecule has 1 heterocycles. The Labute approximate surface area is 170 Å². The lowest BCUT2D eigenvalue weighted by Crippen LogP contribution is -2.48. The number of benzene rings is 2. The van der Waals surface area contributed by atoms with E-state index in [1.165, 1.54) is 4.31 Å². The van der Waals surface area contributed by atoms with Crippen LogP contribution in [0.1, 0.15) is 11.1 Å². The molecule has 0 spiro atoms. The molecule has 0 aliphatic carbocycles. The van der Waals surface area contributed by atoms with E-state index in [2.05, 4.69) is 4.90 Å². The first-order chi connectivity index (χ1) is 12.7. The number of anilines is 1. The van der Waals surface area contributed by atoms with Crippen molar-refractivity contribution in [3.05, 3.63) is 51.5 Å². The molecule has 27 heavy (non-hydrogen) atoms. The highest BCUT2D eigenvalue weighted by atomic mass is 35.5. The second kappa shape index (κ2) is 7.87. The summed E-state index contributed by atoms with van der Waals surface area (Å²) < 4.78 is 33.1. The molecule has 1 saturated heterocycles. The van der Waals surface area contributed by atoms with Crippen LogP contribution >= 0.6 is 23.2 Å². The van der Waals surface area contributed by atoms with Gasteiger partial charge < -0.3 is 9.64 Å². The molecule has 1 aliphatic rings. The van der Waals surface area contributed by atoms with E-state index in [0.717, 1.165) is 16.8 Å². The monoisotopic (exact) mass is 428 g/mol. The number of hydrogen-bond donors (Lipinski definition) is 0. The zero-order valence-corrected chi connectivity index (χ0v) is 17.8. The van der Waals surface area contributed by atoms with E-state index in [4.69, 9.17) is 27.9 Å². The highest BCUT2D eigenvalue weighted by molar-refractivity contribution is 7.89. The molecule has 5 nitrogen and oxygen atoms in total. The van der Waals surface area contributed by atoms with E-state index in [1.807, 2.05) is 32.0 Å². The predicted molar refractivity (Wildman–Crippen MR) is 110 cm³/mol. The van der Waals surface area contributed by atoms with E-state index in [9.17, 15) is 8.42 Å². The van der Waals surface area contributed by atoms with Gasteiger partial charge in [0.1, 0.15) is 5.75 Å². The Bertz CT molecular complexity index is 956. The predicted octanol–water partition coefficient (Wildman–Crippen LogP) is 4.13. The molecule has 0 bridgehead atoms. The first-order valence-electron chi connectivity index (χ1n) is 8.59. The summed E-state index contributed by atoms with van der Waals surface area (Å²) in [4.78, 5) is 2.41. The first kappa shape index (κ1) is 20.3. The van der Waals surface area contributed by atoms with Gasteiger partial charge in [-0.3, -0.25) is 0 Å². The van der Waals surface area contributed by atoms with Gasteiger partial charge in [0.05, 0.1) is 22.1 Å². The lowest BCUT2D eigenvalue weighted by atomic mass is 10.1. The lowest BCUT2D eigenvalue weighted by Gasteiger charge is -2.35. The van der Waals surface area contributed by atoms with E-state index < -0.39 is 10.0 Å². The topological polar surface area (TPSA) is 49.9 Å². The van der Waals surface area contributed by atoms with Gasteiger partial charge in [-0.15, -0.1) is 0 Å². The lowest BCUT2D eigenvalue weighted by molar-refractivity contribution is 0.383. The highest BCUT2D eigenvalue weighted by Crippen LogP contribution is 2.30. The van der Waals surface area contributed by atoms with Gasteiger partial charge in [-0.25, -0.2) is 8.42 Å². The summed E-state index contributed by atoms with van der Waals surface area (Å²) in [6.07, 6.45) is 0. The van der Waals surface area contributed by atoms with E-state index in [1.54, 1.807) is 19.2 Å². The third-order valence-electron chi connectivity index (χ3n) is 4.82. The molecule has 0 amide bonds. The average molecular weight is 429 g/mol. The van der Waals surface area contributed by atoms with Crippen LogP contribution in [-0.4, -0.2) is 46.0 Å². The van der Waals surface area contributed by atoms with Crippen molar-refractivity contribution >= 4 is 38.9 Å². The van der Waals surface area contributed by atoms with Crippen molar-refractivity contribution in [1.82, 2.24) is 4.31 Å². The molecule has 0 aromatic heterocycles. The normalized spacial score (nSPS) is 15.8. The van der Waals surface area contributed by atoms with E-state index in [-0.39, 0.29) is 0 Å². The van der Waals surface area contributed by atoms with E-state index >= 15 is 0 Å². The zero-order chi connectivity index (χ0) is 19.8. The van der Waals surface area contributed by atoms with Crippen LogP contribution < -0.4 is 9.64 Å². The van der Waals surface area contributed by atoms with Gasteiger partial charge in [0, 0.05) is 37.9 Å². The largest absolute Gasteiger partial charge is 0.496 e. The number of rotatable bonds is 4. The van der Waals surface area contributed by atoms with Crippen molar-refractivity contribution < 1.29 is 13.2 Å². The third kappa shape index (κ3) is 4.04. The molecule has 1 aliphatic heterocycles. The number of methoxy groups -OCH3 is 1. The summed E-state index contributed by atoms with van der Waals surface area (Å²) in [7, 11) is -2.04. The molecule has 2 aromatic rings. The second-order valence-electron chi connectivity index (χ2n) is 6.58. The maximum atomic E-state index is 13.1. The molecular formula is C19H22Cl2N2O3S. The SMILES string of the molecule is COc1cc(S(=O)(=O)N2CCN(c3ccc(Cl)c(Cl)c3)CC2)c(C)cc1C. The van der Waals surface area contributed by atoms with Gasteiger partial charge >= 0.3 is 0 Å². The van der Waals surface area contributed by atoms with Crippen molar-refractivity contribution in [2.45, 2.75) is 18.7 Å². The molecule has 0 unspecified atom stereocenters. The third-order valence-corrected chi connectivity index (χ3v) is 7.60. The minimum absolute atomic E-state index is 0.299. The first-order valence-corrected chi connectivity index (χ1v) is 10.8. The van der Waals surface area contributed by atoms with Gasteiger partial charge in [-0.05, 0) is 43.2 Å². The van der Waals surface area contributed by atoms with Crippen molar-refractivity contribution in [3.8, 4) is 5.75 Å². The van der Waals surface area contributed by atoms with Gasteiger partial charge in [0.25, 0.3) is 0 Å². The molecule has 0 N–H and O–H groups in total. The Morgan fingerprint density at radius 1 is 0.926 bits per heavy atom. The van der Waals surface area contributed by atoms with Gasteiger partial charge in [-0.2, -0.15) is 4.31 Å². The molecule has 0 saturated carbocycles. The number of hydrogen-bond acceptors (Lipinski definition) is 4. The smallest absolute Gasteiger partial charge is 0.243 e. The fourth-order valence-electron chi connectivity index (χ4n) is 3.32. The Morgan fingerprint density at radius 3 is 2.19 bits per heavy atom. The van der Waals surface area contributed by atoms with Crippen LogP contribution in [0.25, 0.3) is 0 Å². The number of aryl methyl sites for hydroxylation is 2. The zero-order valence-electron chi connectivity index (χ0n) is 15.5. The summed E-state index contributed by atoms with van der Waals surface area (Å²) in [5, 5.41) is 0.997. The molecule has 0 radical (unpaired) electrons. The molecular weight excluding hydrogens is 407 g/mol. The number of piperazine rings is 1. The molecule has 8 heteroatoms. The Hall–Kier alpha value is -1.47. The number of ether oxygens (including phenoxy) is 1. The van der Waals surface area contributed by atoms with Crippen molar-refractivity contribution in [1.29, 1.82) is 0 Å². The van der Waals surface area contributed by atoms with Gasteiger partial charge in [-0.1, -0.05) is 29.3 Å². The second-order valence-corrected chi connectivity index (χ2v) is 9.30. The number of nitrogens with zero attached hydrogens (tertiary/aromatic N) is 2. The summed E-state index contributed by atoms with van der Waals surface area (Å²) in [5.41, 5.74) is 2.58. The van der Waals surface area contributed by atoms with Crippen molar-refractivity contribution in [2.75, 3.05) is 38.2 Å².